The summed E-state index contributed by atoms with van der Waals surface area (Å²) in [4.78, 5) is 14.6. The third-order valence-electron chi connectivity index (χ3n) is 6.33. The van der Waals surface area contributed by atoms with E-state index in [9.17, 15) is 4.79 Å². The average Bonchev–Trinajstić information content (AvgIpc) is 3.10. The number of amides is 1. The Hall–Kier alpha value is -3.31. The van der Waals surface area contributed by atoms with Gasteiger partial charge < -0.3 is 19.1 Å². The third-order valence-corrected chi connectivity index (χ3v) is 6.33. The van der Waals surface area contributed by atoms with Gasteiger partial charge >= 0.3 is 0 Å². The molecule has 5 rings (SSSR count). The number of fused-ring (bicyclic) bond motifs is 1. The molecule has 0 bridgehead atoms. The number of benzene rings is 2. The fourth-order valence-electron chi connectivity index (χ4n) is 4.45. The van der Waals surface area contributed by atoms with Gasteiger partial charge in [0.25, 0.3) is 5.91 Å². The molecular formula is C27H27NO4. The van der Waals surface area contributed by atoms with E-state index in [4.69, 9.17) is 14.2 Å². The minimum absolute atomic E-state index is 0.0668. The van der Waals surface area contributed by atoms with E-state index in [1.165, 1.54) is 0 Å². The Morgan fingerprint density at radius 2 is 1.84 bits per heavy atom. The molecule has 0 saturated carbocycles. The van der Waals surface area contributed by atoms with Gasteiger partial charge in [-0.15, -0.1) is 0 Å². The van der Waals surface area contributed by atoms with Crippen LogP contribution in [0, 0.1) is 0 Å². The predicted octanol–water partition coefficient (Wildman–Crippen LogP) is 5.10. The molecule has 1 aliphatic carbocycles. The summed E-state index contributed by atoms with van der Waals surface area (Å²) in [5.41, 5.74) is 4.07. The van der Waals surface area contributed by atoms with Gasteiger partial charge in [0.15, 0.2) is 0 Å². The molecule has 2 aromatic rings. The molecule has 0 unspecified atom stereocenters. The summed E-state index contributed by atoms with van der Waals surface area (Å²) in [5.74, 6) is 1.16. The largest absolute Gasteiger partial charge is 0.497 e. The van der Waals surface area contributed by atoms with Crippen molar-refractivity contribution in [3.63, 3.8) is 0 Å². The van der Waals surface area contributed by atoms with Gasteiger partial charge in [-0.2, -0.15) is 0 Å². The first kappa shape index (κ1) is 20.6. The first-order valence-corrected chi connectivity index (χ1v) is 11.1. The smallest absolute Gasteiger partial charge is 0.253 e. The number of piperidine rings is 1. The lowest BCUT2D eigenvalue weighted by Crippen LogP contribution is -2.52. The van der Waals surface area contributed by atoms with E-state index in [0.29, 0.717) is 32.5 Å². The fourth-order valence-corrected chi connectivity index (χ4v) is 4.45. The van der Waals surface area contributed by atoms with Crippen molar-refractivity contribution in [2.45, 2.75) is 31.7 Å². The first-order chi connectivity index (χ1) is 15.7. The van der Waals surface area contributed by atoms with Crippen molar-refractivity contribution in [2.75, 3.05) is 20.2 Å². The van der Waals surface area contributed by atoms with Gasteiger partial charge in [-0.05, 0) is 54.0 Å². The van der Waals surface area contributed by atoms with Crippen molar-refractivity contribution >= 4 is 11.5 Å². The zero-order chi connectivity index (χ0) is 22.0. The lowest BCUT2D eigenvalue weighted by molar-refractivity contribution is -0.225. The highest BCUT2D eigenvalue weighted by Crippen LogP contribution is 2.39. The Kier molecular flexibility index (Phi) is 5.58. The maximum Gasteiger partial charge on any atom is 0.253 e. The van der Waals surface area contributed by atoms with Crippen molar-refractivity contribution in [3.05, 3.63) is 95.3 Å². The number of methoxy groups -OCH3 is 1. The van der Waals surface area contributed by atoms with E-state index in [0.717, 1.165) is 40.2 Å². The quantitative estimate of drug-likeness (QED) is 0.681. The molecule has 0 N–H and O–H groups in total. The Morgan fingerprint density at radius 1 is 1.03 bits per heavy atom. The highest BCUT2D eigenvalue weighted by molar-refractivity contribution is 5.94. The number of rotatable bonds is 3. The third kappa shape index (κ3) is 4.08. The number of nitrogens with zero attached hydrogens (tertiary/aromatic N) is 1. The number of likely N-dealkylation sites (tertiary alicyclic amines) is 1. The average molecular weight is 430 g/mol. The number of ether oxygens (including phenoxy) is 3. The summed E-state index contributed by atoms with van der Waals surface area (Å²) in [6.07, 6.45) is 10.5. The maximum absolute atomic E-state index is 12.7. The van der Waals surface area contributed by atoms with Crippen LogP contribution in [0.15, 0.2) is 78.6 Å². The van der Waals surface area contributed by atoms with Crippen LogP contribution in [-0.2, 0) is 16.1 Å². The molecule has 2 aliphatic heterocycles. The monoisotopic (exact) mass is 429 g/mol. The van der Waals surface area contributed by atoms with Crippen molar-refractivity contribution in [1.82, 2.24) is 4.90 Å². The number of carbonyl (C=O) groups is 1. The molecule has 1 saturated heterocycles. The van der Waals surface area contributed by atoms with E-state index in [1.807, 2.05) is 47.4 Å². The molecule has 164 valence electrons. The lowest BCUT2D eigenvalue weighted by Gasteiger charge is -2.44. The fraction of sp³-hybridized carbons (Fsp3) is 0.296. The van der Waals surface area contributed by atoms with Crippen LogP contribution in [-0.4, -0.2) is 36.8 Å². The molecule has 0 radical (unpaired) electrons. The van der Waals surface area contributed by atoms with Crippen molar-refractivity contribution in [1.29, 1.82) is 0 Å². The zero-order valence-corrected chi connectivity index (χ0v) is 18.3. The highest BCUT2D eigenvalue weighted by atomic mass is 16.7. The first-order valence-electron chi connectivity index (χ1n) is 11.1. The van der Waals surface area contributed by atoms with Crippen molar-refractivity contribution < 1.29 is 19.0 Å². The molecule has 1 fully saturated rings. The highest BCUT2D eigenvalue weighted by Gasteiger charge is 2.42. The summed E-state index contributed by atoms with van der Waals surface area (Å²) in [6.45, 7) is 1.75. The molecular weight excluding hydrogens is 402 g/mol. The van der Waals surface area contributed by atoms with Crippen LogP contribution in [0.4, 0.5) is 0 Å². The van der Waals surface area contributed by atoms with Gasteiger partial charge in [-0.25, -0.2) is 0 Å². The molecule has 2 heterocycles. The number of hydrogen-bond acceptors (Lipinski definition) is 4. The van der Waals surface area contributed by atoms with E-state index < -0.39 is 5.79 Å². The molecule has 0 atom stereocenters. The SMILES string of the molecule is COC1=CCC=C(c2ccc3c(c2)COC2(CCN(C(=O)c4ccccc4)CC2)O3)C=C1. The van der Waals surface area contributed by atoms with Crippen LogP contribution in [0.3, 0.4) is 0 Å². The van der Waals surface area contributed by atoms with Crippen LogP contribution in [0.1, 0.15) is 40.7 Å². The number of carbonyl (C=O) groups excluding carboxylic acids is 1. The molecule has 5 heteroatoms. The van der Waals surface area contributed by atoms with E-state index >= 15 is 0 Å². The van der Waals surface area contributed by atoms with Crippen LogP contribution < -0.4 is 4.74 Å². The van der Waals surface area contributed by atoms with Gasteiger partial charge in [0.05, 0.1) is 13.7 Å². The molecule has 5 nitrogen and oxygen atoms in total. The van der Waals surface area contributed by atoms with Crippen LogP contribution in [0.2, 0.25) is 0 Å². The summed E-state index contributed by atoms with van der Waals surface area (Å²) in [6, 6.07) is 15.7. The van der Waals surface area contributed by atoms with Gasteiger partial charge in [-0.1, -0.05) is 36.4 Å². The topological polar surface area (TPSA) is 48.0 Å². The lowest BCUT2D eigenvalue weighted by atomic mass is 9.98. The molecule has 1 spiro atoms. The van der Waals surface area contributed by atoms with E-state index in [2.05, 4.69) is 30.4 Å². The van der Waals surface area contributed by atoms with E-state index in [-0.39, 0.29) is 5.91 Å². The van der Waals surface area contributed by atoms with Gasteiger partial charge in [0.2, 0.25) is 5.79 Å². The van der Waals surface area contributed by atoms with Gasteiger partial charge in [0.1, 0.15) is 11.5 Å². The molecule has 32 heavy (non-hydrogen) atoms. The van der Waals surface area contributed by atoms with Gasteiger partial charge in [0, 0.05) is 37.1 Å². The Balaban J connectivity index is 1.26. The van der Waals surface area contributed by atoms with Crippen molar-refractivity contribution in [2.24, 2.45) is 0 Å². The number of hydrogen-bond donors (Lipinski definition) is 0. The van der Waals surface area contributed by atoms with Crippen LogP contribution in [0.5, 0.6) is 5.75 Å². The standard InChI is InChI=1S/C27H27NO4/c1-30-24-9-5-8-20(10-12-24)22-11-13-25-23(18-22)19-31-27(32-25)14-16-28(17-15-27)26(29)21-6-3-2-4-7-21/h2-4,6-13,18H,5,14-17,19H2,1H3. The summed E-state index contributed by atoms with van der Waals surface area (Å²) in [7, 11) is 1.69. The second kappa shape index (κ2) is 8.67. The van der Waals surface area contributed by atoms with Crippen molar-refractivity contribution in [3.8, 4) is 5.75 Å². The maximum atomic E-state index is 12.7. The van der Waals surface area contributed by atoms with E-state index in [1.54, 1.807) is 7.11 Å². The minimum Gasteiger partial charge on any atom is -0.497 e. The van der Waals surface area contributed by atoms with Gasteiger partial charge in [-0.3, -0.25) is 4.79 Å². The normalized spacial score (nSPS) is 19.3. The Bertz CT molecular complexity index is 1090. The summed E-state index contributed by atoms with van der Waals surface area (Å²) in [5, 5.41) is 0. The number of allylic oxidation sites excluding steroid dienone is 5. The molecule has 3 aliphatic rings. The second-order valence-corrected chi connectivity index (χ2v) is 8.32. The summed E-state index contributed by atoms with van der Waals surface area (Å²) >= 11 is 0. The zero-order valence-electron chi connectivity index (χ0n) is 18.3. The molecule has 2 aromatic carbocycles. The Labute approximate surface area is 188 Å². The Morgan fingerprint density at radius 3 is 2.62 bits per heavy atom. The molecule has 1 amide bonds. The van der Waals surface area contributed by atoms with Crippen LogP contribution >= 0.6 is 0 Å². The van der Waals surface area contributed by atoms with Crippen LogP contribution in [0.25, 0.3) is 5.57 Å². The predicted molar refractivity (Wildman–Crippen MR) is 123 cm³/mol. The molecule has 0 aromatic heterocycles. The summed E-state index contributed by atoms with van der Waals surface area (Å²) < 4.78 is 17.9. The minimum atomic E-state index is -0.652. The second-order valence-electron chi connectivity index (χ2n) is 8.32.